The van der Waals surface area contributed by atoms with Gasteiger partial charge in [-0.1, -0.05) is 6.92 Å². The maximum Gasteiger partial charge on any atom is 0.222 e. The van der Waals surface area contributed by atoms with Crippen LogP contribution in [0.25, 0.3) is 15.3 Å². The van der Waals surface area contributed by atoms with Crippen molar-refractivity contribution in [2.24, 2.45) is 0 Å². The summed E-state index contributed by atoms with van der Waals surface area (Å²) in [6, 6.07) is 3.85. The van der Waals surface area contributed by atoms with Crippen molar-refractivity contribution < 1.29 is 9.53 Å². The lowest BCUT2D eigenvalue weighted by Gasteiger charge is -2.07. The number of carbonyl (C=O) groups excluding carboxylic acids is 1. The molecule has 0 unspecified atom stereocenters. The van der Waals surface area contributed by atoms with E-state index in [2.05, 4.69) is 17.0 Å². The zero-order valence-corrected chi connectivity index (χ0v) is 12.7. The average Bonchev–Trinajstić information content (AvgIpc) is 3.05. The molecule has 3 aromatic rings. The van der Waals surface area contributed by atoms with Gasteiger partial charge in [0.15, 0.2) is 5.78 Å². The highest BCUT2D eigenvalue weighted by molar-refractivity contribution is 7.21. The van der Waals surface area contributed by atoms with Crippen molar-refractivity contribution in [2.75, 3.05) is 6.61 Å². The van der Waals surface area contributed by atoms with E-state index in [1.54, 1.807) is 23.8 Å². The molecule has 0 radical (unpaired) electrons. The number of hydrogen-bond donors (Lipinski definition) is 0. The van der Waals surface area contributed by atoms with E-state index in [4.69, 9.17) is 4.74 Å². The van der Waals surface area contributed by atoms with E-state index in [-0.39, 0.29) is 5.78 Å². The lowest BCUT2D eigenvalue weighted by atomic mass is 10.2. The Hall–Kier alpha value is -2.21. The fourth-order valence-corrected chi connectivity index (χ4v) is 3.17. The lowest BCUT2D eigenvalue weighted by molar-refractivity contribution is 0.101. The van der Waals surface area contributed by atoms with Gasteiger partial charge in [0.25, 0.3) is 0 Å². The number of fused-ring (bicyclic) bond motifs is 1. The smallest absolute Gasteiger partial charge is 0.222 e. The lowest BCUT2D eigenvalue weighted by Crippen LogP contribution is -1.98. The minimum atomic E-state index is 0.0204. The molecule has 0 saturated carbocycles. The molecule has 0 fully saturated rings. The number of rotatable bonds is 5. The normalized spacial score (nSPS) is 11.0. The second-order valence-electron chi connectivity index (χ2n) is 4.66. The summed E-state index contributed by atoms with van der Waals surface area (Å²) in [7, 11) is 0. The molecule has 0 spiro atoms. The fraction of sp³-hybridized carbons (Fsp3) is 0.267. The minimum absolute atomic E-state index is 0.0204. The third kappa shape index (κ3) is 2.54. The Kier molecular flexibility index (Phi) is 3.70. The third-order valence-corrected chi connectivity index (χ3v) is 4.20. The summed E-state index contributed by atoms with van der Waals surface area (Å²) in [6.07, 6.45) is 6.16. The number of hydrogen-bond acceptors (Lipinski definition) is 5. The second-order valence-corrected chi connectivity index (χ2v) is 5.69. The van der Waals surface area contributed by atoms with Crippen LogP contribution in [0.5, 0.6) is 5.88 Å². The fourth-order valence-electron chi connectivity index (χ4n) is 2.04. The minimum Gasteiger partial charge on any atom is -0.477 e. The molecule has 0 amide bonds. The first-order valence-electron chi connectivity index (χ1n) is 6.77. The largest absolute Gasteiger partial charge is 0.477 e. The standard InChI is InChI=1S/C15H15N3O2S/c1-3-7-20-14-11(5-4-6-16-14)13-9-18-15(21-13)12(8-17-18)10(2)19/h4-6,8-9H,3,7H2,1-2H3. The van der Waals surface area contributed by atoms with Crippen LogP contribution in [0.4, 0.5) is 0 Å². The van der Waals surface area contributed by atoms with Gasteiger partial charge in [-0.2, -0.15) is 5.10 Å². The van der Waals surface area contributed by atoms with E-state index in [1.807, 2.05) is 18.3 Å². The Morgan fingerprint density at radius 3 is 3.10 bits per heavy atom. The van der Waals surface area contributed by atoms with Gasteiger partial charge in [-0.05, 0) is 25.5 Å². The summed E-state index contributed by atoms with van der Waals surface area (Å²) in [4.78, 5) is 17.7. The highest BCUT2D eigenvalue weighted by Crippen LogP contribution is 2.35. The van der Waals surface area contributed by atoms with Crippen molar-refractivity contribution in [1.29, 1.82) is 0 Å². The Balaban J connectivity index is 2.06. The predicted molar refractivity (Wildman–Crippen MR) is 82.1 cm³/mol. The molecule has 3 aromatic heterocycles. The third-order valence-electron chi connectivity index (χ3n) is 3.05. The van der Waals surface area contributed by atoms with Crippen LogP contribution in [0.2, 0.25) is 0 Å². The van der Waals surface area contributed by atoms with Crippen molar-refractivity contribution in [3.63, 3.8) is 0 Å². The van der Waals surface area contributed by atoms with E-state index in [1.165, 1.54) is 11.3 Å². The highest BCUT2D eigenvalue weighted by Gasteiger charge is 2.15. The number of ketones is 1. The predicted octanol–water partition coefficient (Wildman–Crippen LogP) is 3.45. The maximum atomic E-state index is 11.6. The van der Waals surface area contributed by atoms with Crippen LogP contribution in [0.3, 0.4) is 0 Å². The zero-order valence-electron chi connectivity index (χ0n) is 11.9. The van der Waals surface area contributed by atoms with Crippen LogP contribution < -0.4 is 4.74 Å². The van der Waals surface area contributed by atoms with Crippen LogP contribution in [-0.2, 0) is 0 Å². The van der Waals surface area contributed by atoms with Crippen LogP contribution in [0.1, 0.15) is 30.6 Å². The average molecular weight is 301 g/mol. The van der Waals surface area contributed by atoms with Gasteiger partial charge in [-0.15, -0.1) is 11.3 Å². The number of pyridine rings is 1. The van der Waals surface area contributed by atoms with E-state index in [0.717, 1.165) is 21.7 Å². The van der Waals surface area contributed by atoms with Gasteiger partial charge < -0.3 is 4.74 Å². The quantitative estimate of drug-likeness (QED) is 0.677. The monoisotopic (exact) mass is 301 g/mol. The summed E-state index contributed by atoms with van der Waals surface area (Å²) >= 11 is 1.52. The van der Waals surface area contributed by atoms with Crippen molar-refractivity contribution in [3.8, 4) is 16.3 Å². The topological polar surface area (TPSA) is 56.5 Å². The van der Waals surface area contributed by atoms with Crippen molar-refractivity contribution in [3.05, 3.63) is 36.3 Å². The summed E-state index contributed by atoms with van der Waals surface area (Å²) in [6.45, 7) is 4.24. The Morgan fingerprint density at radius 2 is 2.33 bits per heavy atom. The number of aromatic nitrogens is 3. The summed E-state index contributed by atoms with van der Waals surface area (Å²) in [5.41, 5.74) is 1.57. The van der Waals surface area contributed by atoms with Crippen molar-refractivity contribution >= 4 is 22.0 Å². The molecule has 3 heterocycles. The van der Waals surface area contributed by atoms with Crippen LogP contribution >= 0.6 is 11.3 Å². The maximum absolute atomic E-state index is 11.6. The first kappa shape index (κ1) is 13.8. The second kappa shape index (κ2) is 5.65. The van der Waals surface area contributed by atoms with Gasteiger partial charge >= 0.3 is 0 Å². The molecule has 0 aliphatic rings. The van der Waals surface area contributed by atoms with E-state index < -0.39 is 0 Å². The number of carbonyl (C=O) groups is 1. The molecule has 108 valence electrons. The molecule has 0 saturated heterocycles. The van der Waals surface area contributed by atoms with Crippen LogP contribution in [0.15, 0.2) is 30.7 Å². The molecule has 0 N–H and O–H groups in total. The van der Waals surface area contributed by atoms with E-state index >= 15 is 0 Å². The van der Waals surface area contributed by atoms with Crippen LogP contribution in [0, 0.1) is 0 Å². The van der Waals surface area contributed by atoms with Crippen molar-refractivity contribution in [1.82, 2.24) is 14.6 Å². The van der Waals surface area contributed by atoms with Gasteiger partial charge in [-0.25, -0.2) is 9.50 Å². The molecule has 21 heavy (non-hydrogen) atoms. The first-order chi connectivity index (χ1) is 10.2. The molecular weight excluding hydrogens is 286 g/mol. The van der Waals surface area contributed by atoms with Gasteiger partial charge in [0.05, 0.1) is 28.8 Å². The van der Waals surface area contributed by atoms with Crippen LogP contribution in [-0.4, -0.2) is 27.0 Å². The van der Waals surface area contributed by atoms with E-state index in [0.29, 0.717) is 18.1 Å². The molecule has 0 atom stereocenters. The summed E-state index contributed by atoms with van der Waals surface area (Å²) in [5, 5.41) is 4.22. The SMILES string of the molecule is CCCOc1ncccc1-c1cn2ncc(C(C)=O)c2s1. The molecule has 0 aliphatic carbocycles. The van der Waals surface area contributed by atoms with Crippen molar-refractivity contribution in [2.45, 2.75) is 20.3 Å². The molecule has 0 aromatic carbocycles. The summed E-state index contributed by atoms with van der Waals surface area (Å²) < 4.78 is 7.42. The molecule has 3 rings (SSSR count). The van der Waals surface area contributed by atoms with Gasteiger partial charge in [0, 0.05) is 12.4 Å². The number of ether oxygens (including phenoxy) is 1. The van der Waals surface area contributed by atoms with Gasteiger partial charge in [0.2, 0.25) is 5.88 Å². The molecule has 0 bridgehead atoms. The summed E-state index contributed by atoms with van der Waals surface area (Å²) in [5.74, 6) is 0.639. The van der Waals surface area contributed by atoms with E-state index in [9.17, 15) is 4.79 Å². The van der Waals surface area contributed by atoms with Gasteiger partial charge in [0.1, 0.15) is 4.83 Å². The number of nitrogens with zero attached hydrogens (tertiary/aromatic N) is 3. The Morgan fingerprint density at radius 1 is 1.48 bits per heavy atom. The molecule has 6 heteroatoms. The highest BCUT2D eigenvalue weighted by atomic mass is 32.1. The molecule has 0 aliphatic heterocycles. The number of Topliss-reactive ketones (excluding diaryl/α,β-unsaturated/α-hetero) is 1. The zero-order chi connectivity index (χ0) is 14.8. The Bertz CT molecular complexity index is 791. The molecule has 5 nitrogen and oxygen atoms in total. The first-order valence-corrected chi connectivity index (χ1v) is 7.58. The Labute approximate surface area is 126 Å². The van der Waals surface area contributed by atoms with Gasteiger partial charge in [-0.3, -0.25) is 4.79 Å². The molecular formula is C15H15N3O2S. The number of thiazole rings is 1.